The molecule has 0 heterocycles. The molecule has 1 aliphatic carbocycles. The van der Waals surface area contributed by atoms with E-state index in [1.54, 1.807) is 0 Å². The number of nitrogens with two attached hydrogens (primary N) is 1. The molecule has 0 aromatic heterocycles. The first kappa shape index (κ1) is 8.87. The summed E-state index contributed by atoms with van der Waals surface area (Å²) in [6.07, 6.45) is -0.0805. The lowest BCUT2D eigenvalue weighted by Crippen LogP contribution is -2.32. The molecule has 2 nitrogen and oxygen atoms in total. The van der Waals surface area contributed by atoms with Crippen molar-refractivity contribution in [2.75, 3.05) is 19.6 Å². The van der Waals surface area contributed by atoms with E-state index < -0.39 is 6.43 Å². The van der Waals surface area contributed by atoms with Gasteiger partial charge in [0.05, 0.1) is 6.54 Å². The van der Waals surface area contributed by atoms with Crippen LogP contribution in [0.5, 0.6) is 0 Å². The van der Waals surface area contributed by atoms with Gasteiger partial charge in [-0.05, 0) is 24.8 Å². The van der Waals surface area contributed by atoms with Crippen molar-refractivity contribution in [2.24, 2.45) is 11.1 Å². The summed E-state index contributed by atoms with van der Waals surface area (Å²) in [6.45, 7) is 1.05. The molecule has 1 fully saturated rings. The zero-order valence-electron chi connectivity index (χ0n) is 6.45. The van der Waals surface area contributed by atoms with Crippen LogP contribution in [-0.4, -0.2) is 26.1 Å². The van der Waals surface area contributed by atoms with Crippen molar-refractivity contribution in [3.63, 3.8) is 0 Å². The Hall–Kier alpha value is -0.220. The van der Waals surface area contributed by atoms with Gasteiger partial charge >= 0.3 is 0 Å². The van der Waals surface area contributed by atoms with Crippen LogP contribution in [0.1, 0.15) is 12.8 Å². The van der Waals surface area contributed by atoms with Crippen molar-refractivity contribution in [2.45, 2.75) is 19.3 Å². The van der Waals surface area contributed by atoms with E-state index in [2.05, 4.69) is 5.32 Å². The van der Waals surface area contributed by atoms with Crippen molar-refractivity contribution in [3.8, 4) is 0 Å². The molecule has 0 saturated heterocycles. The maximum absolute atomic E-state index is 11.6. The maximum atomic E-state index is 11.6. The van der Waals surface area contributed by atoms with Gasteiger partial charge in [0.1, 0.15) is 0 Å². The summed E-state index contributed by atoms with van der Waals surface area (Å²) in [5.41, 5.74) is 5.62. The zero-order valence-corrected chi connectivity index (χ0v) is 6.45. The second kappa shape index (κ2) is 3.45. The number of nitrogens with one attached hydrogen (secondary N) is 1. The summed E-state index contributed by atoms with van der Waals surface area (Å²) in [5, 5.41) is 2.71. The first-order valence-electron chi connectivity index (χ1n) is 3.87. The molecule has 0 amide bonds. The van der Waals surface area contributed by atoms with E-state index in [-0.39, 0.29) is 12.0 Å². The summed E-state index contributed by atoms with van der Waals surface area (Å²) < 4.78 is 23.3. The minimum atomic E-state index is -2.25. The molecule has 1 saturated carbocycles. The van der Waals surface area contributed by atoms with Crippen molar-refractivity contribution < 1.29 is 8.78 Å². The number of alkyl halides is 2. The molecule has 3 N–H and O–H groups in total. The van der Waals surface area contributed by atoms with Gasteiger partial charge in [0.15, 0.2) is 0 Å². The van der Waals surface area contributed by atoms with Gasteiger partial charge in [0.2, 0.25) is 0 Å². The van der Waals surface area contributed by atoms with E-state index >= 15 is 0 Å². The standard InChI is InChI=1S/C7H14F2N2/c8-6(9)3-11-5-7(4-10)1-2-7/h6,11H,1-5,10H2. The van der Waals surface area contributed by atoms with E-state index in [0.717, 1.165) is 12.8 Å². The van der Waals surface area contributed by atoms with Gasteiger partial charge < -0.3 is 11.1 Å². The Bertz CT molecular complexity index is 124. The van der Waals surface area contributed by atoms with Gasteiger partial charge in [0, 0.05) is 6.54 Å². The Morgan fingerprint density at radius 3 is 2.45 bits per heavy atom. The van der Waals surface area contributed by atoms with Gasteiger partial charge in [-0.15, -0.1) is 0 Å². The van der Waals surface area contributed by atoms with Crippen LogP contribution in [-0.2, 0) is 0 Å². The first-order valence-corrected chi connectivity index (χ1v) is 3.87. The van der Waals surface area contributed by atoms with Crippen LogP contribution in [0.25, 0.3) is 0 Å². The van der Waals surface area contributed by atoms with Crippen LogP contribution in [0.15, 0.2) is 0 Å². The normalized spacial score (nSPS) is 20.7. The molecule has 0 atom stereocenters. The highest BCUT2D eigenvalue weighted by atomic mass is 19.3. The van der Waals surface area contributed by atoms with Crippen LogP contribution in [0.2, 0.25) is 0 Å². The highest BCUT2D eigenvalue weighted by molar-refractivity contribution is 4.95. The third-order valence-electron chi connectivity index (χ3n) is 2.19. The SMILES string of the molecule is NCC1(CNCC(F)F)CC1. The Kier molecular flexibility index (Phi) is 2.78. The molecule has 66 valence electrons. The maximum Gasteiger partial charge on any atom is 0.250 e. The smallest absolute Gasteiger partial charge is 0.250 e. The molecule has 0 bridgehead atoms. The molecular formula is C7H14F2N2. The molecule has 11 heavy (non-hydrogen) atoms. The monoisotopic (exact) mass is 164 g/mol. The lowest BCUT2D eigenvalue weighted by atomic mass is 10.1. The molecule has 4 heteroatoms. The predicted octanol–water partition coefficient (Wildman–Crippen LogP) is 0.580. The summed E-state index contributed by atoms with van der Waals surface area (Å²) in [5.74, 6) is 0. The number of halogens is 2. The minimum absolute atomic E-state index is 0.162. The van der Waals surface area contributed by atoms with Crippen molar-refractivity contribution >= 4 is 0 Å². The third-order valence-corrected chi connectivity index (χ3v) is 2.19. The van der Waals surface area contributed by atoms with Gasteiger partial charge in [-0.25, -0.2) is 8.78 Å². The zero-order chi connectivity index (χ0) is 8.32. The van der Waals surface area contributed by atoms with Crippen LogP contribution < -0.4 is 11.1 Å². The highest BCUT2D eigenvalue weighted by Crippen LogP contribution is 2.43. The largest absolute Gasteiger partial charge is 0.330 e. The lowest BCUT2D eigenvalue weighted by molar-refractivity contribution is 0.143. The summed E-state index contributed by atoms with van der Waals surface area (Å²) >= 11 is 0. The number of hydrogen-bond donors (Lipinski definition) is 2. The Balaban J connectivity index is 2.03. The predicted molar refractivity (Wildman–Crippen MR) is 39.6 cm³/mol. The van der Waals surface area contributed by atoms with Crippen LogP contribution in [0, 0.1) is 5.41 Å². The van der Waals surface area contributed by atoms with Crippen LogP contribution in [0.4, 0.5) is 8.78 Å². The number of rotatable bonds is 5. The minimum Gasteiger partial charge on any atom is -0.330 e. The van der Waals surface area contributed by atoms with Crippen LogP contribution >= 0.6 is 0 Å². The van der Waals surface area contributed by atoms with E-state index in [9.17, 15) is 8.78 Å². The first-order chi connectivity index (χ1) is 5.18. The molecule has 0 radical (unpaired) electrons. The van der Waals surface area contributed by atoms with Gasteiger partial charge in [-0.1, -0.05) is 0 Å². The Labute approximate surface area is 65.1 Å². The fraction of sp³-hybridized carbons (Fsp3) is 1.00. The van der Waals surface area contributed by atoms with Gasteiger partial charge in [-0.3, -0.25) is 0 Å². The molecule has 1 aliphatic rings. The van der Waals surface area contributed by atoms with E-state index in [1.165, 1.54) is 0 Å². The molecular weight excluding hydrogens is 150 g/mol. The van der Waals surface area contributed by atoms with Crippen molar-refractivity contribution in [3.05, 3.63) is 0 Å². The van der Waals surface area contributed by atoms with E-state index in [0.29, 0.717) is 13.1 Å². The fourth-order valence-corrected chi connectivity index (χ4v) is 1.08. The van der Waals surface area contributed by atoms with Gasteiger partial charge in [0.25, 0.3) is 6.43 Å². The fourth-order valence-electron chi connectivity index (χ4n) is 1.08. The van der Waals surface area contributed by atoms with Gasteiger partial charge in [-0.2, -0.15) is 0 Å². The quantitative estimate of drug-likeness (QED) is 0.623. The molecule has 0 unspecified atom stereocenters. The molecule has 1 rings (SSSR count). The molecule has 0 spiro atoms. The second-order valence-corrected chi connectivity index (χ2v) is 3.23. The average molecular weight is 164 g/mol. The highest BCUT2D eigenvalue weighted by Gasteiger charge is 2.40. The second-order valence-electron chi connectivity index (χ2n) is 3.23. The molecule has 0 aromatic carbocycles. The average Bonchev–Trinajstić information content (AvgIpc) is 2.69. The summed E-state index contributed by atoms with van der Waals surface area (Å²) in [6, 6.07) is 0. The third kappa shape index (κ3) is 2.71. The van der Waals surface area contributed by atoms with E-state index in [1.807, 2.05) is 0 Å². The van der Waals surface area contributed by atoms with Crippen LogP contribution in [0.3, 0.4) is 0 Å². The summed E-state index contributed by atoms with van der Waals surface area (Å²) in [4.78, 5) is 0. The van der Waals surface area contributed by atoms with Crippen molar-refractivity contribution in [1.29, 1.82) is 0 Å². The molecule has 0 aliphatic heterocycles. The van der Waals surface area contributed by atoms with E-state index in [4.69, 9.17) is 5.73 Å². The summed E-state index contributed by atoms with van der Waals surface area (Å²) in [7, 11) is 0. The molecule has 0 aromatic rings. The Morgan fingerprint density at radius 2 is 2.09 bits per heavy atom. The lowest BCUT2D eigenvalue weighted by Gasteiger charge is -2.12. The topological polar surface area (TPSA) is 38.0 Å². The Morgan fingerprint density at radius 1 is 1.45 bits per heavy atom. The van der Waals surface area contributed by atoms with Crippen molar-refractivity contribution in [1.82, 2.24) is 5.32 Å². The number of hydrogen-bond acceptors (Lipinski definition) is 2.